The van der Waals surface area contributed by atoms with Gasteiger partial charge in [-0.1, -0.05) is 17.4 Å². The number of nitrogens with zero attached hydrogens (tertiary/aromatic N) is 3. The number of thiazole rings is 1. The number of Topliss-reactive ketones (excluding diaryl/α,β-unsaturated/α-hetero) is 1. The first-order chi connectivity index (χ1) is 17.0. The van der Waals surface area contributed by atoms with Gasteiger partial charge in [-0.25, -0.2) is 9.67 Å². The van der Waals surface area contributed by atoms with E-state index in [2.05, 4.69) is 20.7 Å². The van der Waals surface area contributed by atoms with Crippen molar-refractivity contribution in [3.63, 3.8) is 0 Å². The van der Waals surface area contributed by atoms with Gasteiger partial charge in [-0.05, 0) is 24.3 Å². The molecule has 178 valence electrons. The minimum Gasteiger partial charge on any atom is -0.497 e. The zero-order valence-electron chi connectivity index (χ0n) is 18.7. The van der Waals surface area contributed by atoms with Crippen LogP contribution in [-0.2, 0) is 17.8 Å². The Morgan fingerprint density at radius 1 is 1.26 bits per heavy atom. The fourth-order valence-corrected chi connectivity index (χ4v) is 4.75. The molecular formula is C24H21N5O5S. The minimum absolute atomic E-state index is 0.0929. The highest BCUT2D eigenvalue weighted by Gasteiger charge is 2.33. The number of ether oxygens (including phenoxy) is 1. The summed E-state index contributed by atoms with van der Waals surface area (Å²) in [5.41, 5.74) is 2.18. The molecule has 1 aromatic carbocycles. The van der Waals surface area contributed by atoms with Crippen molar-refractivity contribution in [1.82, 2.24) is 20.1 Å². The zero-order chi connectivity index (χ0) is 24.4. The van der Waals surface area contributed by atoms with Crippen molar-refractivity contribution >= 4 is 34.1 Å². The number of aromatic nitrogens is 3. The topological polar surface area (TPSA) is 128 Å². The van der Waals surface area contributed by atoms with Crippen LogP contribution in [0.2, 0.25) is 0 Å². The number of fused-ring (bicyclic) bond motifs is 1. The first kappa shape index (κ1) is 22.5. The molecule has 0 bridgehead atoms. The normalized spacial score (nSPS) is 14.9. The molecule has 0 fully saturated rings. The van der Waals surface area contributed by atoms with Gasteiger partial charge < -0.3 is 14.5 Å². The molecule has 11 heteroatoms. The van der Waals surface area contributed by atoms with E-state index in [0.717, 1.165) is 28.3 Å². The second kappa shape index (κ2) is 9.55. The monoisotopic (exact) mass is 491 g/mol. The van der Waals surface area contributed by atoms with E-state index < -0.39 is 11.8 Å². The van der Waals surface area contributed by atoms with Gasteiger partial charge in [0.15, 0.2) is 16.7 Å². The maximum absolute atomic E-state index is 12.8. The summed E-state index contributed by atoms with van der Waals surface area (Å²) >= 11 is 1.11. The second-order valence-corrected chi connectivity index (χ2v) is 8.97. The molecule has 1 atom stereocenters. The molecule has 1 unspecified atom stereocenters. The van der Waals surface area contributed by atoms with Crippen LogP contribution < -0.4 is 15.4 Å². The summed E-state index contributed by atoms with van der Waals surface area (Å²) in [7, 11) is 1.60. The van der Waals surface area contributed by atoms with Crippen molar-refractivity contribution in [2.45, 2.75) is 19.4 Å². The highest BCUT2D eigenvalue weighted by molar-refractivity contribution is 7.17. The number of amides is 2. The Bertz CT molecular complexity index is 1390. The summed E-state index contributed by atoms with van der Waals surface area (Å²) in [5.74, 6) is -0.492. The number of nitrogens with one attached hydrogen (secondary N) is 2. The highest BCUT2D eigenvalue weighted by Crippen LogP contribution is 2.32. The largest absolute Gasteiger partial charge is 0.497 e. The lowest BCUT2D eigenvalue weighted by molar-refractivity contribution is -0.125. The van der Waals surface area contributed by atoms with Crippen molar-refractivity contribution in [1.29, 1.82) is 0 Å². The first-order valence-corrected chi connectivity index (χ1v) is 11.6. The molecular weight excluding hydrogens is 470 g/mol. The fraction of sp³-hybridized carbons (Fsp3) is 0.208. The lowest BCUT2D eigenvalue weighted by Crippen LogP contribution is -2.35. The Balaban J connectivity index is 1.20. The van der Waals surface area contributed by atoms with Gasteiger partial charge in [0.1, 0.15) is 5.75 Å². The number of benzene rings is 1. The smallest absolute Gasteiger partial charge is 0.293 e. The van der Waals surface area contributed by atoms with E-state index in [1.54, 1.807) is 24.1 Å². The Kier molecular flexibility index (Phi) is 6.15. The van der Waals surface area contributed by atoms with Gasteiger partial charge in [0, 0.05) is 37.2 Å². The van der Waals surface area contributed by atoms with E-state index in [1.165, 1.54) is 12.3 Å². The Morgan fingerprint density at radius 2 is 2.14 bits per heavy atom. The number of furan rings is 1. The van der Waals surface area contributed by atoms with Crippen molar-refractivity contribution in [2.24, 2.45) is 5.92 Å². The maximum Gasteiger partial charge on any atom is 0.293 e. The van der Waals surface area contributed by atoms with Crippen LogP contribution >= 0.6 is 11.3 Å². The molecule has 2 amide bonds. The number of ketones is 1. The lowest BCUT2D eigenvalue weighted by atomic mass is 9.89. The summed E-state index contributed by atoms with van der Waals surface area (Å²) in [4.78, 5) is 42.5. The summed E-state index contributed by atoms with van der Waals surface area (Å²) in [6.07, 6.45) is 5.32. The zero-order valence-corrected chi connectivity index (χ0v) is 19.5. The lowest BCUT2D eigenvalue weighted by Gasteiger charge is -2.19. The molecule has 0 saturated carbocycles. The molecule has 0 aliphatic heterocycles. The van der Waals surface area contributed by atoms with Crippen LogP contribution in [0, 0.1) is 5.92 Å². The molecule has 2 N–H and O–H groups in total. The van der Waals surface area contributed by atoms with Gasteiger partial charge in [0.05, 0.1) is 41.7 Å². The molecule has 0 spiro atoms. The van der Waals surface area contributed by atoms with E-state index in [0.29, 0.717) is 22.1 Å². The van der Waals surface area contributed by atoms with E-state index in [4.69, 9.17) is 9.15 Å². The summed E-state index contributed by atoms with van der Waals surface area (Å²) in [6.45, 7) is 0.280. The average molecular weight is 492 g/mol. The molecule has 5 rings (SSSR count). The van der Waals surface area contributed by atoms with Crippen LogP contribution in [0.4, 0.5) is 5.13 Å². The first-order valence-electron chi connectivity index (χ1n) is 10.8. The average Bonchev–Trinajstić information content (AvgIpc) is 3.63. The SMILES string of the molecule is COc1cccc(-n2cc(CNC(=O)C3CC(=O)c4sc(NC(=O)c5ccco5)nc4C3)cn2)c1. The van der Waals surface area contributed by atoms with Gasteiger partial charge in [-0.15, -0.1) is 0 Å². The standard InChI is InChI=1S/C24H21N5O5S/c1-33-17-5-2-4-16(10-17)29-13-14(12-26-29)11-25-22(31)15-8-18-21(19(30)9-15)35-24(27-18)28-23(32)20-6-3-7-34-20/h2-7,10,12-13,15H,8-9,11H2,1H3,(H,25,31)(H,27,28,32). The quantitative estimate of drug-likeness (QED) is 0.406. The van der Waals surface area contributed by atoms with Crippen LogP contribution in [-0.4, -0.2) is 39.5 Å². The van der Waals surface area contributed by atoms with E-state index in [-0.39, 0.29) is 30.4 Å². The molecule has 35 heavy (non-hydrogen) atoms. The molecule has 0 radical (unpaired) electrons. The number of methoxy groups -OCH3 is 1. The third kappa shape index (κ3) is 4.85. The van der Waals surface area contributed by atoms with Crippen LogP contribution in [0.5, 0.6) is 5.75 Å². The van der Waals surface area contributed by atoms with E-state index in [1.807, 2.05) is 30.5 Å². The molecule has 1 aliphatic carbocycles. The van der Waals surface area contributed by atoms with Gasteiger partial charge in [-0.3, -0.25) is 19.7 Å². The number of carbonyl (C=O) groups excluding carboxylic acids is 3. The van der Waals surface area contributed by atoms with Gasteiger partial charge >= 0.3 is 0 Å². The van der Waals surface area contributed by atoms with Crippen LogP contribution in [0.3, 0.4) is 0 Å². The third-order valence-electron chi connectivity index (χ3n) is 5.58. The number of rotatable bonds is 7. The predicted octanol–water partition coefficient (Wildman–Crippen LogP) is 3.24. The van der Waals surface area contributed by atoms with Crippen LogP contribution in [0.15, 0.2) is 59.5 Å². The number of hydrogen-bond donors (Lipinski definition) is 2. The maximum atomic E-state index is 12.8. The van der Waals surface area contributed by atoms with Crippen molar-refractivity contribution in [3.8, 4) is 11.4 Å². The number of anilines is 1. The molecule has 3 aromatic heterocycles. The number of carbonyl (C=O) groups is 3. The molecule has 1 aliphatic rings. The van der Waals surface area contributed by atoms with Gasteiger partial charge in [0.2, 0.25) is 5.91 Å². The molecule has 3 heterocycles. The predicted molar refractivity (Wildman–Crippen MR) is 127 cm³/mol. The molecule has 0 saturated heterocycles. The van der Waals surface area contributed by atoms with E-state index >= 15 is 0 Å². The number of hydrogen-bond acceptors (Lipinski definition) is 8. The summed E-state index contributed by atoms with van der Waals surface area (Å²) in [5, 5.41) is 10.2. The molecule has 10 nitrogen and oxygen atoms in total. The van der Waals surface area contributed by atoms with Crippen LogP contribution in [0.1, 0.15) is 37.9 Å². The van der Waals surface area contributed by atoms with Gasteiger partial charge in [0.25, 0.3) is 5.91 Å². The van der Waals surface area contributed by atoms with Crippen molar-refractivity contribution in [2.75, 3.05) is 12.4 Å². The third-order valence-corrected chi connectivity index (χ3v) is 6.63. The minimum atomic E-state index is -0.529. The van der Waals surface area contributed by atoms with Crippen molar-refractivity contribution < 1.29 is 23.5 Å². The Labute approximate surface area is 203 Å². The summed E-state index contributed by atoms with van der Waals surface area (Å²) in [6, 6.07) is 10.6. The van der Waals surface area contributed by atoms with Gasteiger partial charge in [-0.2, -0.15) is 5.10 Å². The summed E-state index contributed by atoms with van der Waals surface area (Å²) < 4.78 is 12.0. The van der Waals surface area contributed by atoms with Crippen LogP contribution in [0.25, 0.3) is 5.69 Å². The molecule has 4 aromatic rings. The second-order valence-electron chi connectivity index (χ2n) is 7.97. The Morgan fingerprint density at radius 3 is 2.94 bits per heavy atom. The van der Waals surface area contributed by atoms with E-state index in [9.17, 15) is 14.4 Å². The highest BCUT2D eigenvalue weighted by atomic mass is 32.1. The Hall–Kier alpha value is -4.25. The van der Waals surface area contributed by atoms with Crippen molar-refractivity contribution in [3.05, 3.63) is 76.9 Å². The fourth-order valence-electron chi connectivity index (χ4n) is 3.81.